The van der Waals surface area contributed by atoms with Crippen LogP contribution in [0.1, 0.15) is 25.8 Å². The second-order valence-corrected chi connectivity index (χ2v) is 5.11. The van der Waals surface area contributed by atoms with Crippen LogP contribution in [0.25, 0.3) is 0 Å². The number of carboxylic acid groups (broad SMARTS) is 1. The van der Waals surface area contributed by atoms with Crippen LogP contribution in [-0.4, -0.2) is 29.1 Å². The van der Waals surface area contributed by atoms with E-state index in [4.69, 9.17) is 22.0 Å². The van der Waals surface area contributed by atoms with Gasteiger partial charge < -0.3 is 10.4 Å². The summed E-state index contributed by atoms with van der Waals surface area (Å²) in [5.41, 5.74) is -0.392. The molecule has 6 nitrogen and oxygen atoms in total. The lowest BCUT2D eigenvalue weighted by Crippen LogP contribution is -2.51. The molecule has 0 aromatic heterocycles. The summed E-state index contributed by atoms with van der Waals surface area (Å²) in [6, 6.07) is 6.44. The summed E-state index contributed by atoms with van der Waals surface area (Å²) in [4.78, 5) is 22.9. The number of nitrogens with one attached hydrogen (secondary N) is 2. The van der Waals surface area contributed by atoms with E-state index in [1.54, 1.807) is 13.0 Å². The minimum absolute atomic E-state index is 0.145. The maximum absolute atomic E-state index is 11.8. The van der Waals surface area contributed by atoms with Crippen LogP contribution in [0.2, 0.25) is 5.02 Å². The third-order valence-corrected chi connectivity index (χ3v) is 3.50. The number of benzene rings is 1. The molecule has 1 aromatic carbocycles. The third kappa shape index (κ3) is 4.45. The molecule has 0 spiro atoms. The smallest absolute Gasteiger partial charge is 0.323 e. The Bertz CT molecular complexity index is 598. The Hall–Kier alpha value is -2.10. The molecular formula is C14H16ClN3O3. The van der Waals surface area contributed by atoms with Gasteiger partial charge in [0.2, 0.25) is 5.91 Å². The van der Waals surface area contributed by atoms with Crippen LogP contribution in [0.4, 0.5) is 5.69 Å². The Morgan fingerprint density at radius 2 is 2.14 bits per heavy atom. The zero-order valence-electron chi connectivity index (χ0n) is 11.7. The topological polar surface area (TPSA) is 102 Å². The van der Waals surface area contributed by atoms with Gasteiger partial charge in [0, 0.05) is 5.69 Å². The molecule has 1 amide bonds. The van der Waals surface area contributed by atoms with Gasteiger partial charge in [0.15, 0.2) is 0 Å². The molecule has 112 valence electrons. The largest absolute Gasteiger partial charge is 0.480 e. The molecule has 0 aliphatic heterocycles. The summed E-state index contributed by atoms with van der Waals surface area (Å²) in [5.74, 6) is -1.41. The Labute approximate surface area is 127 Å². The molecule has 1 atom stereocenters. The molecule has 0 aliphatic rings. The zero-order valence-corrected chi connectivity index (χ0v) is 12.5. The van der Waals surface area contributed by atoms with Crippen LogP contribution in [0.5, 0.6) is 0 Å². The molecule has 7 heteroatoms. The molecule has 0 bridgehead atoms. The van der Waals surface area contributed by atoms with E-state index in [0.29, 0.717) is 17.7 Å². The van der Waals surface area contributed by atoms with E-state index in [2.05, 4.69) is 10.6 Å². The number of rotatable bonds is 6. The van der Waals surface area contributed by atoms with Crippen molar-refractivity contribution < 1.29 is 14.7 Å². The minimum atomic E-state index is -1.15. The highest BCUT2D eigenvalue weighted by atomic mass is 35.5. The quantitative estimate of drug-likeness (QED) is 0.746. The Balaban J connectivity index is 2.65. The van der Waals surface area contributed by atoms with Gasteiger partial charge in [0.05, 0.1) is 17.1 Å². The zero-order chi connectivity index (χ0) is 16.0. The van der Waals surface area contributed by atoms with Crippen molar-refractivity contribution >= 4 is 29.2 Å². The van der Waals surface area contributed by atoms with E-state index in [1.807, 2.05) is 6.07 Å². The minimum Gasteiger partial charge on any atom is -0.480 e. The molecule has 1 unspecified atom stereocenters. The molecule has 0 saturated carbocycles. The number of nitriles is 1. The number of carbonyl (C=O) groups is 2. The van der Waals surface area contributed by atoms with Crippen LogP contribution >= 0.6 is 11.6 Å². The van der Waals surface area contributed by atoms with Gasteiger partial charge in [-0.25, -0.2) is 0 Å². The third-order valence-electron chi connectivity index (χ3n) is 3.19. The molecule has 0 fully saturated rings. The highest BCUT2D eigenvalue weighted by Gasteiger charge is 2.30. The highest BCUT2D eigenvalue weighted by molar-refractivity contribution is 6.32. The van der Waals surface area contributed by atoms with E-state index in [1.165, 1.54) is 19.1 Å². The van der Waals surface area contributed by atoms with E-state index in [-0.39, 0.29) is 11.6 Å². The van der Waals surface area contributed by atoms with Gasteiger partial charge in [-0.3, -0.25) is 14.9 Å². The monoisotopic (exact) mass is 309 g/mol. The van der Waals surface area contributed by atoms with Crippen molar-refractivity contribution in [3.05, 3.63) is 28.8 Å². The average Bonchev–Trinajstić information content (AvgIpc) is 2.44. The number of carboxylic acids is 1. The summed E-state index contributed by atoms with van der Waals surface area (Å²) in [7, 11) is 0. The lowest BCUT2D eigenvalue weighted by atomic mass is 9.99. The number of hydrogen-bond acceptors (Lipinski definition) is 4. The SMILES string of the molecule is CCC(C)(NCC(=O)Nc1ccc(C#N)c(Cl)c1)C(=O)O. The number of nitrogens with zero attached hydrogens (tertiary/aromatic N) is 1. The predicted octanol–water partition coefficient (Wildman–Crippen LogP) is 1.99. The predicted molar refractivity (Wildman–Crippen MR) is 79.1 cm³/mol. The fraction of sp³-hybridized carbons (Fsp3) is 0.357. The Morgan fingerprint density at radius 1 is 1.48 bits per heavy atom. The van der Waals surface area contributed by atoms with Gasteiger partial charge >= 0.3 is 5.97 Å². The fourth-order valence-corrected chi connectivity index (χ4v) is 1.74. The van der Waals surface area contributed by atoms with Gasteiger partial charge in [0.25, 0.3) is 0 Å². The van der Waals surface area contributed by atoms with E-state index < -0.39 is 17.4 Å². The normalized spacial score (nSPS) is 13.0. The molecule has 1 aromatic rings. The van der Waals surface area contributed by atoms with Crippen molar-refractivity contribution in [1.29, 1.82) is 5.26 Å². The molecule has 0 radical (unpaired) electrons. The number of amides is 1. The van der Waals surface area contributed by atoms with Gasteiger partial charge in [0.1, 0.15) is 11.6 Å². The van der Waals surface area contributed by atoms with Crippen molar-refractivity contribution in [3.8, 4) is 6.07 Å². The van der Waals surface area contributed by atoms with Gasteiger partial charge in [-0.05, 0) is 31.5 Å². The summed E-state index contributed by atoms with van der Waals surface area (Å²) < 4.78 is 0. The number of halogens is 1. The first-order valence-electron chi connectivity index (χ1n) is 6.30. The number of anilines is 1. The van der Waals surface area contributed by atoms with Crippen molar-refractivity contribution in [2.24, 2.45) is 0 Å². The molecule has 1 rings (SSSR count). The first-order chi connectivity index (χ1) is 9.82. The fourth-order valence-electron chi connectivity index (χ4n) is 1.52. The van der Waals surface area contributed by atoms with Crippen LogP contribution in [-0.2, 0) is 9.59 Å². The van der Waals surface area contributed by atoms with Crippen molar-refractivity contribution in [1.82, 2.24) is 5.32 Å². The van der Waals surface area contributed by atoms with Gasteiger partial charge in [-0.15, -0.1) is 0 Å². The first-order valence-corrected chi connectivity index (χ1v) is 6.68. The molecule has 3 N–H and O–H groups in total. The van der Waals surface area contributed by atoms with Gasteiger partial charge in [-0.2, -0.15) is 5.26 Å². The van der Waals surface area contributed by atoms with Gasteiger partial charge in [-0.1, -0.05) is 18.5 Å². The van der Waals surface area contributed by atoms with Crippen LogP contribution in [0.15, 0.2) is 18.2 Å². The Morgan fingerprint density at radius 3 is 2.62 bits per heavy atom. The highest BCUT2D eigenvalue weighted by Crippen LogP contribution is 2.20. The summed E-state index contributed by atoms with van der Waals surface area (Å²) >= 11 is 5.86. The second-order valence-electron chi connectivity index (χ2n) is 4.70. The van der Waals surface area contributed by atoms with Crippen molar-refractivity contribution in [2.45, 2.75) is 25.8 Å². The lowest BCUT2D eigenvalue weighted by Gasteiger charge is -2.24. The summed E-state index contributed by atoms with van der Waals surface area (Å²) in [5, 5.41) is 23.4. The van der Waals surface area contributed by atoms with E-state index in [0.717, 1.165) is 0 Å². The van der Waals surface area contributed by atoms with Crippen LogP contribution < -0.4 is 10.6 Å². The standard InChI is InChI=1S/C14H16ClN3O3/c1-3-14(2,13(20)21)17-8-12(19)18-10-5-4-9(7-16)11(15)6-10/h4-6,17H,3,8H2,1-2H3,(H,18,19)(H,20,21). The summed E-state index contributed by atoms with van der Waals surface area (Å²) in [6.45, 7) is 3.09. The van der Waals surface area contributed by atoms with Crippen LogP contribution in [0, 0.1) is 11.3 Å². The molecular weight excluding hydrogens is 294 g/mol. The average molecular weight is 310 g/mol. The lowest BCUT2D eigenvalue weighted by molar-refractivity contribution is -0.144. The Kier molecular flexibility index (Phi) is 5.70. The van der Waals surface area contributed by atoms with Crippen LogP contribution in [0.3, 0.4) is 0 Å². The molecule has 21 heavy (non-hydrogen) atoms. The molecule has 0 aliphatic carbocycles. The maximum atomic E-state index is 11.8. The molecule has 0 heterocycles. The maximum Gasteiger partial charge on any atom is 0.323 e. The number of aliphatic carboxylic acids is 1. The van der Waals surface area contributed by atoms with E-state index in [9.17, 15) is 9.59 Å². The number of carbonyl (C=O) groups excluding carboxylic acids is 1. The van der Waals surface area contributed by atoms with Crippen molar-refractivity contribution in [3.63, 3.8) is 0 Å². The summed E-state index contributed by atoms with van der Waals surface area (Å²) in [6.07, 6.45) is 0.346. The second kappa shape index (κ2) is 7.07. The van der Waals surface area contributed by atoms with Crippen molar-refractivity contribution in [2.75, 3.05) is 11.9 Å². The van der Waals surface area contributed by atoms with E-state index >= 15 is 0 Å². The number of hydrogen-bond donors (Lipinski definition) is 3. The molecule has 0 saturated heterocycles. The first kappa shape index (κ1) is 17.0.